The minimum atomic E-state index is -0.379. The van der Waals surface area contributed by atoms with Gasteiger partial charge in [-0.1, -0.05) is 11.2 Å². The van der Waals surface area contributed by atoms with Crippen LogP contribution in [0.25, 0.3) is 10.7 Å². The lowest BCUT2D eigenvalue weighted by Gasteiger charge is -1.98. The molecule has 2 aromatic heterocycles. The van der Waals surface area contributed by atoms with Crippen LogP contribution in [0.2, 0.25) is 0 Å². The Morgan fingerprint density at radius 1 is 1.67 bits per heavy atom. The summed E-state index contributed by atoms with van der Waals surface area (Å²) >= 11 is 1.55. The van der Waals surface area contributed by atoms with Crippen molar-refractivity contribution in [2.45, 2.75) is 12.5 Å². The zero-order chi connectivity index (χ0) is 10.7. The molecule has 0 bridgehead atoms. The second-order valence-electron chi connectivity index (χ2n) is 2.95. The molecule has 1 unspecified atom stereocenters. The number of nitrogens with zero attached hydrogens (tertiary/aromatic N) is 2. The summed E-state index contributed by atoms with van der Waals surface area (Å²) in [6, 6.07) is 3.47. The Morgan fingerprint density at radius 2 is 2.53 bits per heavy atom. The largest absolute Gasteiger partial charge is 0.337 e. The van der Waals surface area contributed by atoms with Gasteiger partial charge in [0.05, 0.1) is 10.9 Å². The lowest BCUT2D eigenvalue weighted by molar-refractivity contribution is 0.357. The number of hydrogen-bond acceptors (Lipinski definition) is 5. The summed E-state index contributed by atoms with van der Waals surface area (Å²) in [5, 5.41) is 5.79. The first-order valence-electron chi connectivity index (χ1n) is 4.38. The van der Waals surface area contributed by atoms with E-state index in [1.807, 2.05) is 17.5 Å². The van der Waals surface area contributed by atoms with Crippen molar-refractivity contribution in [1.82, 2.24) is 10.1 Å². The molecule has 2 rings (SSSR count). The summed E-state index contributed by atoms with van der Waals surface area (Å²) in [6.45, 7) is 0. The fourth-order valence-electron chi connectivity index (χ4n) is 1.11. The molecule has 1 atom stereocenters. The number of thiophene rings is 1. The van der Waals surface area contributed by atoms with Crippen molar-refractivity contribution in [3.8, 4) is 23.0 Å². The molecule has 0 aliphatic rings. The van der Waals surface area contributed by atoms with E-state index in [9.17, 15) is 0 Å². The molecule has 15 heavy (non-hydrogen) atoms. The van der Waals surface area contributed by atoms with Gasteiger partial charge >= 0.3 is 0 Å². The van der Waals surface area contributed by atoms with Crippen molar-refractivity contribution in [2.75, 3.05) is 0 Å². The maximum atomic E-state index is 5.74. The van der Waals surface area contributed by atoms with Crippen LogP contribution in [0.5, 0.6) is 0 Å². The highest BCUT2D eigenvalue weighted by molar-refractivity contribution is 7.13. The summed E-state index contributed by atoms with van der Waals surface area (Å²) in [4.78, 5) is 5.14. The predicted octanol–water partition coefficient (Wildman–Crippen LogP) is 1.82. The van der Waals surface area contributed by atoms with Crippen molar-refractivity contribution in [3.63, 3.8) is 0 Å². The third-order valence-corrected chi connectivity index (χ3v) is 2.70. The first-order valence-corrected chi connectivity index (χ1v) is 5.25. The average Bonchev–Trinajstić information content (AvgIpc) is 2.89. The fourth-order valence-corrected chi connectivity index (χ4v) is 1.76. The Balaban J connectivity index is 2.22. The Kier molecular flexibility index (Phi) is 2.81. The molecule has 5 heteroatoms. The topological polar surface area (TPSA) is 64.9 Å². The molecule has 0 aliphatic heterocycles. The van der Waals surface area contributed by atoms with Gasteiger partial charge in [0.2, 0.25) is 11.7 Å². The second kappa shape index (κ2) is 4.26. The molecule has 0 fully saturated rings. The van der Waals surface area contributed by atoms with Crippen molar-refractivity contribution < 1.29 is 4.52 Å². The average molecular weight is 219 g/mol. The SMILES string of the molecule is C#CCC(N)c1nc(-c2cccs2)no1. The third kappa shape index (κ3) is 2.06. The molecule has 0 amide bonds. The van der Waals surface area contributed by atoms with Crippen LogP contribution < -0.4 is 5.73 Å². The predicted molar refractivity (Wildman–Crippen MR) is 58.0 cm³/mol. The highest BCUT2D eigenvalue weighted by Crippen LogP contribution is 2.22. The van der Waals surface area contributed by atoms with E-state index in [1.54, 1.807) is 11.3 Å². The number of hydrogen-bond donors (Lipinski definition) is 1. The lowest BCUT2D eigenvalue weighted by atomic mass is 10.2. The second-order valence-corrected chi connectivity index (χ2v) is 3.90. The Bertz CT molecular complexity index is 469. The summed E-state index contributed by atoms with van der Waals surface area (Å²) in [7, 11) is 0. The van der Waals surface area contributed by atoms with Crippen molar-refractivity contribution >= 4 is 11.3 Å². The number of aromatic nitrogens is 2. The molecular formula is C10H9N3OS. The van der Waals surface area contributed by atoms with Gasteiger partial charge in [-0.3, -0.25) is 0 Å². The number of rotatable bonds is 3. The van der Waals surface area contributed by atoms with Gasteiger partial charge in [0.25, 0.3) is 0 Å². The van der Waals surface area contributed by atoms with Crippen LogP contribution in [0.4, 0.5) is 0 Å². The van der Waals surface area contributed by atoms with E-state index in [1.165, 1.54) is 0 Å². The van der Waals surface area contributed by atoms with E-state index in [-0.39, 0.29) is 6.04 Å². The monoisotopic (exact) mass is 219 g/mol. The molecule has 2 aromatic rings. The molecule has 4 nitrogen and oxygen atoms in total. The van der Waals surface area contributed by atoms with Gasteiger partial charge in [-0.05, 0) is 11.4 Å². The van der Waals surface area contributed by atoms with Gasteiger partial charge in [-0.2, -0.15) is 4.98 Å². The molecule has 2 heterocycles. The van der Waals surface area contributed by atoms with Crippen LogP contribution in [-0.4, -0.2) is 10.1 Å². The molecular weight excluding hydrogens is 210 g/mol. The van der Waals surface area contributed by atoms with E-state index in [4.69, 9.17) is 16.7 Å². The van der Waals surface area contributed by atoms with E-state index < -0.39 is 0 Å². The Labute approximate surface area is 91.1 Å². The van der Waals surface area contributed by atoms with Crippen molar-refractivity contribution in [1.29, 1.82) is 0 Å². The van der Waals surface area contributed by atoms with E-state index in [2.05, 4.69) is 16.1 Å². The molecule has 0 saturated heterocycles. The van der Waals surface area contributed by atoms with Gasteiger partial charge < -0.3 is 10.3 Å². The standard InChI is InChI=1S/C10H9N3OS/c1-2-4-7(11)10-12-9(13-14-10)8-5-3-6-15-8/h1,3,5-7H,4,11H2. The first-order chi connectivity index (χ1) is 7.31. The van der Waals surface area contributed by atoms with Crippen LogP contribution in [0.15, 0.2) is 22.0 Å². The summed E-state index contributed by atoms with van der Waals surface area (Å²) in [5.41, 5.74) is 5.74. The van der Waals surface area contributed by atoms with Gasteiger partial charge in [-0.25, -0.2) is 0 Å². The lowest BCUT2D eigenvalue weighted by Crippen LogP contribution is -2.09. The van der Waals surface area contributed by atoms with Gasteiger partial charge in [0.15, 0.2) is 0 Å². The summed E-state index contributed by atoms with van der Waals surface area (Å²) in [5.74, 6) is 3.41. The molecule has 0 aliphatic carbocycles. The molecule has 2 N–H and O–H groups in total. The normalized spacial score (nSPS) is 12.3. The Hall–Kier alpha value is -1.64. The van der Waals surface area contributed by atoms with E-state index >= 15 is 0 Å². The van der Waals surface area contributed by atoms with E-state index in [0.29, 0.717) is 18.1 Å². The van der Waals surface area contributed by atoms with Crippen LogP contribution in [0, 0.1) is 12.3 Å². The van der Waals surface area contributed by atoms with Crippen LogP contribution in [0.3, 0.4) is 0 Å². The molecule has 0 aromatic carbocycles. The molecule has 0 saturated carbocycles. The fraction of sp³-hybridized carbons (Fsp3) is 0.200. The molecule has 0 spiro atoms. The maximum absolute atomic E-state index is 5.74. The minimum absolute atomic E-state index is 0.379. The highest BCUT2D eigenvalue weighted by Gasteiger charge is 2.14. The zero-order valence-electron chi connectivity index (χ0n) is 7.88. The van der Waals surface area contributed by atoms with Crippen LogP contribution >= 0.6 is 11.3 Å². The van der Waals surface area contributed by atoms with Crippen molar-refractivity contribution in [2.24, 2.45) is 5.73 Å². The van der Waals surface area contributed by atoms with Crippen LogP contribution in [-0.2, 0) is 0 Å². The summed E-state index contributed by atoms with van der Waals surface area (Å²) in [6.07, 6.45) is 5.55. The zero-order valence-corrected chi connectivity index (χ0v) is 8.70. The van der Waals surface area contributed by atoms with E-state index in [0.717, 1.165) is 4.88 Å². The Morgan fingerprint density at radius 3 is 3.20 bits per heavy atom. The number of terminal acetylenes is 1. The maximum Gasteiger partial charge on any atom is 0.244 e. The molecule has 76 valence electrons. The van der Waals surface area contributed by atoms with Gasteiger partial charge in [-0.15, -0.1) is 23.7 Å². The minimum Gasteiger partial charge on any atom is -0.337 e. The highest BCUT2D eigenvalue weighted by atomic mass is 32.1. The quantitative estimate of drug-likeness (QED) is 0.800. The molecule has 0 radical (unpaired) electrons. The van der Waals surface area contributed by atoms with Crippen LogP contribution in [0.1, 0.15) is 18.4 Å². The van der Waals surface area contributed by atoms with Gasteiger partial charge in [0.1, 0.15) is 0 Å². The summed E-state index contributed by atoms with van der Waals surface area (Å²) < 4.78 is 5.03. The smallest absolute Gasteiger partial charge is 0.244 e. The number of nitrogens with two attached hydrogens (primary N) is 1. The van der Waals surface area contributed by atoms with Gasteiger partial charge in [0, 0.05) is 6.42 Å². The first kappa shape index (κ1) is 9.90. The third-order valence-electron chi connectivity index (χ3n) is 1.84. The van der Waals surface area contributed by atoms with Crippen molar-refractivity contribution in [3.05, 3.63) is 23.4 Å².